The van der Waals surface area contributed by atoms with Crippen molar-refractivity contribution in [1.82, 2.24) is 5.32 Å². The van der Waals surface area contributed by atoms with E-state index in [1.807, 2.05) is 12.1 Å². The number of ether oxygens (including phenoxy) is 2. The molecule has 1 N–H and O–H groups in total. The SMILES string of the molecule is CCNC1CC(C)(CC2CCC2)Oc2cc(OC)ccc21. The molecule has 3 nitrogen and oxygen atoms in total. The third-order valence-electron chi connectivity index (χ3n) is 4.98. The van der Waals surface area contributed by atoms with E-state index in [9.17, 15) is 0 Å². The Hall–Kier alpha value is -1.22. The maximum Gasteiger partial charge on any atom is 0.128 e. The first-order chi connectivity index (χ1) is 10.1. The van der Waals surface area contributed by atoms with Crippen LogP contribution in [0.5, 0.6) is 11.5 Å². The normalized spacial score (nSPS) is 28.4. The minimum absolute atomic E-state index is 0.0582. The molecule has 0 saturated heterocycles. The zero-order chi connectivity index (χ0) is 14.9. The smallest absolute Gasteiger partial charge is 0.128 e. The van der Waals surface area contributed by atoms with Crippen LogP contribution in [0.2, 0.25) is 0 Å². The minimum atomic E-state index is -0.0582. The summed E-state index contributed by atoms with van der Waals surface area (Å²) in [4.78, 5) is 0. The summed E-state index contributed by atoms with van der Waals surface area (Å²) < 4.78 is 11.8. The van der Waals surface area contributed by atoms with E-state index in [-0.39, 0.29) is 5.60 Å². The van der Waals surface area contributed by atoms with E-state index in [1.54, 1.807) is 7.11 Å². The van der Waals surface area contributed by atoms with Crippen molar-refractivity contribution in [2.24, 2.45) is 5.92 Å². The molecule has 0 aromatic heterocycles. The van der Waals surface area contributed by atoms with Gasteiger partial charge in [-0.05, 0) is 31.9 Å². The lowest BCUT2D eigenvalue weighted by molar-refractivity contribution is 0.0125. The largest absolute Gasteiger partial charge is 0.497 e. The van der Waals surface area contributed by atoms with E-state index < -0.39 is 0 Å². The molecular weight excluding hydrogens is 262 g/mol. The van der Waals surface area contributed by atoms with Crippen LogP contribution in [0.25, 0.3) is 0 Å². The second kappa shape index (κ2) is 5.88. The van der Waals surface area contributed by atoms with Gasteiger partial charge in [0, 0.05) is 24.1 Å². The van der Waals surface area contributed by atoms with Crippen molar-refractivity contribution < 1.29 is 9.47 Å². The molecule has 116 valence electrons. The molecule has 2 unspecified atom stereocenters. The Labute approximate surface area is 128 Å². The van der Waals surface area contributed by atoms with Crippen molar-refractivity contribution in [3.63, 3.8) is 0 Å². The van der Waals surface area contributed by atoms with Crippen LogP contribution in [0.1, 0.15) is 57.6 Å². The van der Waals surface area contributed by atoms with Crippen molar-refractivity contribution in [2.45, 2.75) is 57.6 Å². The van der Waals surface area contributed by atoms with E-state index in [2.05, 4.69) is 25.2 Å². The molecule has 1 aromatic rings. The molecular formula is C18H27NO2. The molecule has 1 heterocycles. The zero-order valence-electron chi connectivity index (χ0n) is 13.4. The fourth-order valence-corrected chi connectivity index (χ4v) is 3.73. The third kappa shape index (κ3) is 3.03. The molecule has 2 aliphatic rings. The Kier molecular flexibility index (Phi) is 4.12. The summed E-state index contributed by atoms with van der Waals surface area (Å²) >= 11 is 0. The van der Waals surface area contributed by atoms with E-state index in [0.29, 0.717) is 6.04 Å². The Balaban J connectivity index is 1.86. The van der Waals surface area contributed by atoms with Gasteiger partial charge in [0.05, 0.1) is 7.11 Å². The van der Waals surface area contributed by atoms with Gasteiger partial charge in [0.1, 0.15) is 17.1 Å². The highest BCUT2D eigenvalue weighted by molar-refractivity contribution is 5.44. The summed E-state index contributed by atoms with van der Waals surface area (Å²) in [6, 6.07) is 6.60. The molecule has 0 amide bonds. The summed E-state index contributed by atoms with van der Waals surface area (Å²) in [6.45, 7) is 5.43. The van der Waals surface area contributed by atoms with Gasteiger partial charge in [-0.3, -0.25) is 0 Å². The average molecular weight is 289 g/mol. The molecule has 1 aromatic carbocycles. The number of nitrogens with one attached hydrogen (secondary N) is 1. The van der Waals surface area contributed by atoms with Gasteiger partial charge in [-0.2, -0.15) is 0 Å². The summed E-state index contributed by atoms with van der Waals surface area (Å²) in [7, 11) is 1.71. The predicted octanol–water partition coefficient (Wildman–Crippen LogP) is 4.08. The highest BCUT2D eigenvalue weighted by atomic mass is 16.5. The Morgan fingerprint density at radius 2 is 2.19 bits per heavy atom. The predicted molar refractivity (Wildman–Crippen MR) is 85.0 cm³/mol. The van der Waals surface area contributed by atoms with Crippen LogP contribution in [0.15, 0.2) is 18.2 Å². The van der Waals surface area contributed by atoms with Crippen LogP contribution in [0.3, 0.4) is 0 Å². The van der Waals surface area contributed by atoms with Crippen molar-refractivity contribution in [2.75, 3.05) is 13.7 Å². The van der Waals surface area contributed by atoms with Crippen LogP contribution in [-0.2, 0) is 0 Å². The number of benzene rings is 1. The average Bonchev–Trinajstić information content (AvgIpc) is 2.42. The lowest BCUT2D eigenvalue weighted by atomic mass is 9.74. The fraction of sp³-hybridized carbons (Fsp3) is 0.667. The van der Waals surface area contributed by atoms with Gasteiger partial charge in [-0.25, -0.2) is 0 Å². The molecule has 1 fully saturated rings. The first-order valence-electron chi connectivity index (χ1n) is 8.24. The number of hydrogen-bond acceptors (Lipinski definition) is 3. The molecule has 1 aliphatic heterocycles. The van der Waals surface area contributed by atoms with Gasteiger partial charge >= 0.3 is 0 Å². The Morgan fingerprint density at radius 1 is 1.38 bits per heavy atom. The second-order valence-electron chi connectivity index (χ2n) is 6.77. The van der Waals surface area contributed by atoms with Crippen LogP contribution in [-0.4, -0.2) is 19.3 Å². The van der Waals surface area contributed by atoms with E-state index in [0.717, 1.165) is 30.4 Å². The first-order valence-corrected chi connectivity index (χ1v) is 8.24. The number of methoxy groups -OCH3 is 1. The quantitative estimate of drug-likeness (QED) is 0.886. The molecule has 1 aliphatic carbocycles. The summed E-state index contributed by atoms with van der Waals surface area (Å²) in [6.07, 6.45) is 6.36. The lowest BCUT2D eigenvalue weighted by Crippen LogP contribution is -2.44. The summed E-state index contributed by atoms with van der Waals surface area (Å²) in [5.74, 6) is 2.72. The summed E-state index contributed by atoms with van der Waals surface area (Å²) in [5.41, 5.74) is 1.21. The number of fused-ring (bicyclic) bond motifs is 1. The van der Waals surface area contributed by atoms with Crippen molar-refractivity contribution in [3.8, 4) is 11.5 Å². The van der Waals surface area contributed by atoms with Crippen LogP contribution >= 0.6 is 0 Å². The molecule has 2 atom stereocenters. The number of rotatable bonds is 5. The van der Waals surface area contributed by atoms with Gasteiger partial charge in [0.25, 0.3) is 0 Å². The molecule has 3 heteroatoms. The van der Waals surface area contributed by atoms with Crippen LogP contribution < -0.4 is 14.8 Å². The van der Waals surface area contributed by atoms with Crippen molar-refractivity contribution >= 4 is 0 Å². The van der Waals surface area contributed by atoms with E-state index in [4.69, 9.17) is 9.47 Å². The topological polar surface area (TPSA) is 30.5 Å². The zero-order valence-corrected chi connectivity index (χ0v) is 13.4. The minimum Gasteiger partial charge on any atom is -0.497 e. The summed E-state index contributed by atoms with van der Waals surface area (Å²) in [5, 5.41) is 3.62. The van der Waals surface area contributed by atoms with E-state index in [1.165, 1.54) is 31.2 Å². The Morgan fingerprint density at radius 3 is 2.81 bits per heavy atom. The van der Waals surface area contributed by atoms with Crippen molar-refractivity contribution in [3.05, 3.63) is 23.8 Å². The standard InChI is InChI=1S/C18H27NO2/c1-4-19-16-12-18(2,11-13-6-5-7-13)21-17-10-14(20-3)8-9-15(16)17/h8-10,13,16,19H,4-7,11-12H2,1-3H3. The van der Waals surface area contributed by atoms with Gasteiger partial charge < -0.3 is 14.8 Å². The molecule has 1 saturated carbocycles. The molecule has 21 heavy (non-hydrogen) atoms. The van der Waals surface area contributed by atoms with Crippen LogP contribution in [0.4, 0.5) is 0 Å². The lowest BCUT2D eigenvalue weighted by Gasteiger charge is -2.43. The fourth-order valence-electron chi connectivity index (χ4n) is 3.73. The molecule has 0 spiro atoms. The maximum absolute atomic E-state index is 6.42. The van der Waals surface area contributed by atoms with Crippen LogP contribution in [0, 0.1) is 5.92 Å². The van der Waals surface area contributed by atoms with E-state index >= 15 is 0 Å². The number of hydrogen-bond donors (Lipinski definition) is 1. The highest BCUT2D eigenvalue weighted by Gasteiger charge is 2.39. The maximum atomic E-state index is 6.42. The molecule has 3 rings (SSSR count). The third-order valence-corrected chi connectivity index (χ3v) is 4.98. The molecule has 0 radical (unpaired) electrons. The highest BCUT2D eigenvalue weighted by Crippen LogP contribution is 2.45. The van der Waals surface area contributed by atoms with Crippen molar-refractivity contribution in [1.29, 1.82) is 0 Å². The monoisotopic (exact) mass is 289 g/mol. The van der Waals surface area contributed by atoms with Gasteiger partial charge in [0.2, 0.25) is 0 Å². The first kappa shape index (κ1) is 14.7. The van der Waals surface area contributed by atoms with Gasteiger partial charge in [-0.15, -0.1) is 0 Å². The second-order valence-corrected chi connectivity index (χ2v) is 6.77. The molecule has 0 bridgehead atoms. The van der Waals surface area contributed by atoms with Gasteiger partial charge in [0.15, 0.2) is 0 Å². The van der Waals surface area contributed by atoms with Gasteiger partial charge in [-0.1, -0.05) is 32.3 Å². The Bertz CT molecular complexity index is 498.